The first-order valence-corrected chi connectivity index (χ1v) is 10.8. The van der Waals surface area contributed by atoms with Gasteiger partial charge in [0.15, 0.2) is 12.6 Å². The standard InChI is InChI=1S/C22H33N5O4/c1-5-23-20(25-16-13-26(14-16)21(29)31-22(2,3)4)24-11-8-12-27-17-9-6-7-10-18(17)30-15-19(27)28/h6-7,9-10,16H,5,8,11-15H2,1-4H3,(H2,23,24,25). The molecule has 0 aliphatic carbocycles. The highest BCUT2D eigenvalue weighted by molar-refractivity contribution is 5.97. The topological polar surface area (TPSA) is 95.5 Å². The van der Waals surface area contributed by atoms with Gasteiger partial charge in [0, 0.05) is 32.7 Å². The fourth-order valence-electron chi connectivity index (χ4n) is 3.38. The Labute approximate surface area is 183 Å². The molecule has 0 aromatic heterocycles. The number of likely N-dealkylation sites (tertiary alicyclic amines) is 1. The number of anilines is 1. The number of rotatable bonds is 6. The van der Waals surface area contributed by atoms with E-state index in [1.807, 2.05) is 52.0 Å². The molecule has 2 aliphatic heterocycles. The van der Waals surface area contributed by atoms with Crippen molar-refractivity contribution in [2.24, 2.45) is 4.99 Å². The molecule has 0 spiro atoms. The number of hydrogen-bond donors (Lipinski definition) is 2. The van der Waals surface area contributed by atoms with Gasteiger partial charge in [-0.3, -0.25) is 9.79 Å². The van der Waals surface area contributed by atoms with Gasteiger partial charge >= 0.3 is 6.09 Å². The van der Waals surface area contributed by atoms with Gasteiger partial charge in [-0.2, -0.15) is 0 Å². The second-order valence-electron chi connectivity index (χ2n) is 8.64. The Balaban J connectivity index is 1.46. The van der Waals surface area contributed by atoms with E-state index in [4.69, 9.17) is 9.47 Å². The second kappa shape index (κ2) is 9.89. The molecule has 2 amide bonds. The molecule has 170 valence electrons. The average molecular weight is 432 g/mol. The quantitative estimate of drug-likeness (QED) is 0.406. The summed E-state index contributed by atoms with van der Waals surface area (Å²) in [6.45, 7) is 10.7. The second-order valence-corrected chi connectivity index (χ2v) is 8.64. The van der Waals surface area contributed by atoms with E-state index < -0.39 is 5.60 Å². The first-order valence-electron chi connectivity index (χ1n) is 10.8. The molecule has 1 aromatic rings. The fourth-order valence-corrected chi connectivity index (χ4v) is 3.38. The SMILES string of the molecule is CCNC(=NCCCN1C(=O)COc2ccccc21)NC1CN(C(=O)OC(C)(C)C)C1. The van der Waals surface area contributed by atoms with E-state index in [9.17, 15) is 9.59 Å². The van der Waals surface area contributed by atoms with Crippen LogP contribution in [0.25, 0.3) is 0 Å². The Hall–Kier alpha value is -2.97. The molecule has 3 rings (SSSR count). The summed E-state index contributed by atoms with van der Waals surface area (Å²) in [6, 6.07) is 7.71. The molecule has 1 saturated heterocycles. The number of carbonyl (C=O) groups is 2. The highest BCUT2D eigenvalue weighted by Crippen LogP contribution is 2.31. The van der Waals surface area contributed by atoms with E-state index in [0.717, 1.165) is 24.4 Å². The van der Waals surface area contributed by atoms with E-state index >= 15 is 0 Å². The van der Waals surface area contributed by atoms with Crippen LogP contribution in [0.3, 0.4) is 0 Å². The predicted octanol–water partition coefficient (Wildman–Crippen LogP) is 1.98. The lowest BCUT2D eigenvalue weighted by atomic mass is 10.1. The van der Waals surface area contributed by atoms with Crippen molar-refractivity contribution in [1.29, 1.82) is 0 Å². The highest BCUT2D eigenvalue weighted by Gasteiger charge is 2.34. The van der Waals surface area contributed by atoms with Crippen LogP contribution in [0.5, 0.6) is 5.75 Å². The number of para-hydroxylation sites is 2. The minimum absolute atomic E-state index is 0.0376. The molecule has 9 nitrogen and oxygen atoms in total. The maximum Gasteiger partial charge on any atom is 0.410 e. The van der Waals surface area contributed by atoms with Crippen LogP contribution in [0.15, 0.2) is 29.3 Å². The van der Waals surface area contributed by atoms with Gasteiger partial charge in [0.2, 0.25) is 0 Å². The predicted molar refractivity (Wildman–Crippen MR) is 120 cm³/mol. The lowest BCUT2D eigenvalue weighted by Gasteiger charge is -2.40. The first kappa shape index (κ1) is 22.7. The lowest BCUT2D eigenvalue weighted by Crippen LogP contribution is -2.63. The van der Waals surface area contributed by atoms with Gasteiger partial charge in [0.05, 0.1) is 11.7 Å². The first-order chi connectivity index (χ1) is 14.8. The van der Waals surface area contributed by atoms with Crippen LogP contribution in [-0.4, -0.2) is 73.8 Å². The molecule has 0 saturated carbocycles. The van der Waals surface area contributed by atoms with Crippen molar-refractivity contribution in [2.75, 3.05) is 44.2 Å². The molecule has 31 heavy (non-hydrogen) atoms. The van der Waals surface area contributed by atoms with E-state index in [1.54, 1.807) is 9.80 Å². The molecule has 0 unspecified atom stereocenters. The van der Waals surface area contributed by atoms with Gasteiger partial charge in [-0.15, -0.1) is 0 Å². The van der Waals surface area contributed by atoms with Gasteiger partial charge in [0.1, 0.15) is 11.4 Å². The van der Waals surface area contributed by atoms with Gasteiger partial charge < -0.3 is 29.9 Å². The summed E-state index contributed by atoms with van der Waals surface area (Å²) in [5, 5.41) is 6.58. The van der Waals surface area contributed by atoms with Crippen LogP contribution in [0.4, 0.5) is 10.5 Å². The third-order valence-corrected chi connectivity index (χ3v) is 4.84. The molecular formula is C22H33N5O4. The van der Waals surface area contributed by atoms with E-state index in [-0.39, 0.29) is 24.6 Å². The summed E-state index contributed by atoms with van der Waals surface area (Å²) >= 11 is 0. The smallest absolute Gasteiger partial charge is 0.410 e. The number of guanidine groups is 1. The largest absolute Gasteiger partial charge is 0.482 e. The van der Waals surface area contributed by atoms with Crippen molar-refractivity contribution in [3.63, 3.8) is 0 Å². The Morgan fingerprint density at radius 2 is 2.03 bits per heavy atom. The molecule has 0 radical (unpaired) electrons. The molecule has 1 fully saturated rings. The van der Waals surface area contributed by atoms with E-state index in [2.05, 4.69) is 15.6 Å². The van der Waals surface area contributed by atoms with Crippen LogP contribution in [0.2, 0.25) is 0 Å². The summed E-state index contributed by atoms with van der Waals surface area (Å²) in [5.41, 5.74) is 0.318. The molecule has 2 N–H and O–H groups in total. The molecule has 2 aliphatic rings. The summed E-state index contributed by atoms with van der Waals surface area (Å²) < 4.78 is 10.9. The van der Waals surface area contributed by atoms with E-state index in [0.29, 0.717) is 32.1 Å². The molecule has 2 heterocycles. The average Bonchev–Trinajstić information content (AvgIpc) is 2.67. The van der Waals surface area contributed by atoms with Crippen molar-refractivity contribution >= 4 is 23.6 Å². The van der Waals surface area contributed by atoms with Gasteiger partial charge in [0.25, 0.3) is 5.91 Å². The maximum atomic E-state index is 12.3. The number of nitrogens with zero attached hydrogens (tertiary/aromatic N) is 3. The zero-order valence-corrected chi connectivity index (χ0v) is 18.8. The van der Waals surface area contributed by atoms with E-state index in [1.165, 1.54) is 0 Å². The molecule has 9 heteroatoms. The van der Waals surface area contributed by atoms with Crippen LogP contribution in [0, 0.1) is 0 Å². The minimum Gasteiger partial charge on any atom is -0.482 e. The third kappa shape index (κ3) is 6.26. The molecule has 0 bridgehead atoms. The van der Waals surface area contributed by atoms with Crippen LogP contribution >= 0.6 is 0 Å². The monoisotopic (exact) mass is 431 g/mol. The van der Waals surface area contributed by atoms with Gasteiger partial charge in [-0.1, -0.05) is 12.1 Å². The Morgan fingerprint density at radius 3 is 2.74 bits per heavy atom. The van der Waals surface area contributed by atoms with Crippen molar-refractivity contribution in [3.05, 3.63) is 24.3 Å². The summed E-state index contributed by atoms with van der Waals surface area (Å²) in [4.78, 5) is 32.4. The molecular weight excluding hydrogens is 398 g/mol. The summed E-state index contributed by atoms with van der Waals surface area (Å²) in [7, 11) is 0. The zero-order chi connectivity index (χ0) is 22.4. The Morgan fingerprint density at radius 1 is 1.29 bits per heavy atom. The Kier molecular flexibility index (Phi) is 7.25. The number of benzene rings is 1. The molecule has 1 aromatic carbocycles. The summed E-state index contributed by atoms with van der Waals surface area (Å²) in [6.07, 6.45) is 0.439. The van der Waals surface area contributed by atoms with Gasteiger partial charge in [-0.05, 0) is 46.2 Å². The number of amides is 2. The van der Waals surface area contributed by atoms with Crippen LogP contribution in [0.1, 0.15) is 34.1 Å². The minimum atomic E-state index is -0.492. The number of ether oxygens (including phenoxy) is 2. The van der Waals surface area contributed by atoms with Crippen molar-refractivity contribution < 1.29 is 19.1 Å². The zero-order valence-electron chi connectivity index (χ0n) is 18.8. The lowest BCUT2D eigenvalue weighted by molar-refractivity contribution is -0.121. The Bertz CT molecular complexity index is 814. The summed E-state index contributed by atoms with van der Waals surface area (Å²) in [5.74, 6) is 1.41. The number of aliphatic imine (C=N–C) groups is 1. The number of carbonyl (C=O) groups excluding carboxylic acids is 2. The van der Waals surface area contributed by atoms with Crippen molar-refractivity contribution in [2.45, 2.75) is 45.8 Å². The van der Waals surface area contributed by atoms with Crippen molar-refractivity contribution in [3.8, 4) is 5.75 Å². The van der Waals surface area contributed by atoms with Crippen molar-refractivity contribution in [1.82, 2.24) is 15.5 Å². The number of nitrogens with one attached hydrogen (secondary N) is 2. The molecule has 0 atom stereocenters. The van der Waals surface area contributed by atoms with Crippen LogP contribution < -0.4 is 20.3 Å². The van der Waals surface area contributed by atoms with Crippen LogP contribution in [-0.2, 0) is 9.53 Å². The normalized spacial score (nSPS) is 16.9. The number of hydrogen-bond acceptors (Lipinski definition) is 5. The fraction of sp³-hybridized carbons (Fsp3) is 0.591. The maximum absolute atomic E-state index is 12.3. The number of fused-ring (bicyclic) bond motifs is 1. The van der Waals surface area contributed by atoms with Gasteiger partial charge in [-0.25, -0.2) is 4.79 Å². The highest BCUT2D eigenvalue weighted by atomic mass is 16.6. The third-order valence-electron chi connectivity index (χ3n) is 4.84.